The fourth-order valence-electron chi connectivity index (χ4n) is 2.09. The van der Waals surface area contributed by atoms with E-state index in [2.05, 4.69) is 21.2 Å². The van der Waals surface area contributed by atoms with Crippen molar-refractivity contribution in [1.82, 2.24) is 4.90 Å². The van der Waals surface area contributed by atoms with Crippen molar-refractivity contribution in [1.29, 1.82) is 0 Å². The van der Waals surface area contributed by atoms with Crippen LogP contribution < -0.4 is 5.32 Å². The zero-order chi connectivity index (χ0) is 13.1. The minimum absolute atomic E-state index is 0.0901. The van der Waals surface area contributed by atoms with E-state index in [1.54, 1.807) is 4.90 Å². The van der Waals surface area contributed by atoms with Crippen LogP contribution in [0.3, 0.4) is 0 Å². The van der Waals surface area contributed by atoms with Crippen LogP contribution in [0.1, 0.15) is 12.0 Å². The molecule has 1 unspecified atom stereocenters. The fourth-order valence-corrected chi connectivity index (χ4v) is 2.34. The highest BCUT2D eigenvalue weighted by molar-refractivity contribution is 9.10. The molecule has 2 N–H and O–H groups in total. The first-order chi connectivity index (χ1) is 8.60. The lowest BCUT2D eigenvalue weighted by atomic mass is 10.1. The van der Waals surface area contributed by atoms with Crippen LogP contribution in [0.2, 0.25) is 0 Å². The molecular weight excluding hydrogens is 296 g/mol. The third kappa shape index (κ3) is 3.03. The van der Waals surface area contributed by atoms with Crippen LogP contribution in [-0.2, 0) is 0 Å². The summed E-state index contributed by atoms with van der Waals surface area (Å²) in [7, 11) is 0. The number of hydrogen-bond donors (Lipinski definition) is 2. The second-order valence-corrected chi connectivity index (χ2v) is 5.53. The van der Waals surface area contributed by atoms with Gasteiger partial charge in [0.25, 0.3) is 0 Å². The van der Waals surface area contributed by atoms with Crippen LogP contribution in [0.4, 0.5) is 10.5 Å². The number of nitrogens with one attached hydrogen (secondary N) is 1. The molecule has 1 saturated heterocycles. The zero-order valence-corrected chi connectivity index (χ0v) is 11.9. The average Bonchev–Trinajstić information content (AvgIpc) is 2.82. The van der Waals surface area contributed by atoms with Crippen molar-refractivity contribution in [2.24, 2.45) is 5.92 Å². The smallest absolute Gasteiger partial charge is 0.321 e. The van der Waals surface area contributed by atoms with Crippen molar-refractivity contribution in [2.45, 2.75) is 13.3 Å². The predicted octanol–water partition coefficient (Wildman–Crippen LogP) is 2.60. The van der Waals surface area contributed by atoms with Gasteiger partial charge in [0.15, 0.2) is 0 Å². The Labute approximate surface area is 115 Å². The van der Waals surface area contributed by atoms with Crippen molar-refractivity contribution >= 4 is 27.6 Å². The van der Waals surface area contributed by atoms with Gasteiger partial charge in [0.1, 0.15) is 0 Å². The Hall–Kier alpha value is -1.07. The monoisotopic (exact) mass is 312 g/mol. The number of urea groups is 1. The number of carbonyl (C=O) groups excluding carboxylic acids is 1. The summed E-state index contributed by atoms with van der Waals surface area (Å²) in [4.78, 5) is 13.7. The molecule has 5 heteroatoms. The second kappa shape index (κ2) is 5.71. The fraction of sp³-hybridized carbons (Fsp3) is 0.462. The summed E-state index contributed by atoms with van der Waals surface area (Å²) < 4.78 is 1.03. The number of rotatable bonds is 2. The van der Waals surface area contributed by atoms with Crippen molar-refractivity contribution < 1.29 is 9.90 Å². The van der Waals surface area contributed by atoms with Crippen molar-refractivity contribution in [3.63, 3.8) is 0 Å². The molecule has 0 spiro atoms. The molecule has 1 fully saturated rings. The van der Waals surface area contributed by atoms with E-state index in [0.717, 1.165) is 22.1 Å². The number of benzene rings is 1. The minimum atomic E-state index is -0.0901. The number of hydrogen-bond acceptors (Lipinski definition) is 2. The predicted molar refractivity (Wildman–Crippen MR) is 74.7 cm³/mol. The van der Waals surface area contributed by atoms with Gasteiger partial charge in [-0.3, -0.25) is 0 Å². The molecule has 1 aromatic rings. The molecule has 1 aromatic carbocycles. The molecule has 0 bridgehead atoms. The molecule has 2 rings (SSSR count). The van der Waals surface area contributed by atoms with Gasteiger partial charge in [-0.15, -0.1) is 0 Å². The lowest BCUT2D eigenvalue weighted by Crippen LogP contribution is -2.33. The number of anilines is 1. The standard InChI is InChI=1S/C13H17BrN2O2/c1-9-6-11(2-3-12(9)14)15-13(18)16-5-4-10(7-16)8-17/h2-3,6,10,17H,4-5,7-8H2,1H3,(H,15,18). The van der Waals surface area contributed by atoms with Gasteiger partial charge >= 0.3 is 6.03 Å². The van der Waals surface area contributed by atoms with E-state index < -0.39 is 0 Å². The van der Waals surface area contributed by atoms with Crippen molar-refractivity contribution in [2.75, 3.05) is 25.0 Å². The van der Waals surface area contributed by atoms with E-state index in [1.807, 2.05) is 25.1 Å². The summed E-state index contributed by atoms with van der Waals surface area (Å²) in [5.41, 5.74) is 1.88. The van der Waals surface area contributed by atoms with Crippen molar-refractivity contribution in [3.05, 3.63) is 28.2 Å². The molecule has 1 aliphatic heterocycles. The van der Waals surface area contributed by atoms with Crippen LogP contribution in [-0.4, -0.2) is 35.7 Å². The molecular formula is C13H17BrN2O2. The summed E-state index contributed by atoms with van der Waals surface area (Å²) in [5.74, 6) is 0.224. The maximum Gasteiger partial charge on any atom is 0.321 e. The molecule has 1 atom stereocenters. The van der Waals surface area contributed by atoms with Gasteiger partial charge in [0, 0.05) is 35.8 Å². The number of halogens is 1. The molecule has 98 valence electrons. The summed E-state index contributed by atoms with van der Waals surface area (Å²) >= 11 is 3.43. The van der Waals surface area contributed by atoms with E-state index in [-0.39, 0.29) is 18.6 Å². The molecule has 0 aliphatic carbocycles. The molecule has 0 aromatic heterocycles. The van der Waals surface area contributed by atoms with E-state index in [1.165, 1.54) is 0 Å². The van der Waals surface area contributed by atoms with Gasteiger partial charge < -0.3 is 15.3 Å². The third-order valence-electron chi connectivity index (χ3n) is 3.24. The third-order valence-corrected chi connectivity index (χ3v) is 4.13. The normalized spacial score (nSPS) is 19.1. The highest BCUT2D eigenvalue weighted by Crippen LogP contribution is 2.21. The molecule has 0 radical (unpaired) electrons. The van der Waals surface area contributed by atoms with Crippen LogP contribution >= 0.6 is 15.9 Å². The topological polar surface area (TPSA) is 52.6 Å². The van der Waals surface area contributed by atoms with Gasteiger partial charge in [0.05, 0.1) is 0 Å². The quantitative estimate of drug-likeness (QED) is 0.882. The minimum Gasteiger partial charge on any atom is -0.396 e. The summed E-state index contributed by atoms with van der Waals surface area (Å²) in [6, 6.07) is 5.63. The number of aliphatic hydroxyl groups is 1. The Balaban J connectivity index is 1.97. The van der Waals surface area contributed by atoms with E-state index in [9.17, 15) is 4.79 Å². The molecule has 4 nitrogen and oxygen atoms in total. The first kappa shape index (κ1) is 13.4. The van der Waals surface area contributed by atoms with Crippen LogP contribution in [0.25, 0.3) is 0 Å². The Morgan fingerprint density at radius 2 is 2.39 bits per heavy atom. The number of nitrogens with zero attached hydrogens (tertiary/aromatic N) is 1. The molecule has 18 heavy (non-hydrogen) atoms. The summed E-state index contributed by atoms with van der Waals surface area (Å²) in [5, 5.41) is 11.9. The largest absolute Gasteiger partial charge is 0.396 e. The number of aliphatic hydroxyl groups excluding tert-OH is 1. The number of carbonyl (C=O) groups is 1. The van der Waals surface area contributed by atoms with Crippen LogP contribution in [0.15, 0.2) is 22.7 Å². The van der Waals surface area contributed by atoms with Gasteiger partial charge in [-0.05, 0) is 37.1 Å². The van der Waals surface area contributed by atoms with Gasteiger partial charge in [-0.1, -0.05) is 15.9 Å². The van der Waals surface area contributed by atoms with E-state index >= 15 is 0 Å². The van der Waals surface area contributed by atoms with Crippen LogP contribution in [0.5, 0.6) is 0 Å². The van der Waals surface area contributed by atoms with Crippen molar-refractivity contribution in [3.8, 4) is 0 Å². The molecule has 2 amide bonds. The first-order valence-electron chi connectivity index (χ1n) is 6.03. The first-order valence-corrected chi connectivity index (χ1v) is 6.82. The Kier molecular flexibility index (Phi) is 4.24. The zero-order valence-electron chi connectivity index (χ0n) is 10.3. The van der Waals surface area contributed by atoms with E-state index in [4.69, 9.17) is 5.11 Å². The average molecular weight is 313 g/mol. The van der Waals surface area contributed by atoms with Gasteiger partial charge in [-0.25, -0.2) is 4.79 Å². The second-order valence-electron chi connectivity index (χ2n) is 4.68. The van der Waals surface area contributed by atoms with Crippen LogP contribution in [0, 0.1) is 12.8 Å². The SMILES string of the molecule is Cc1cc(NC(=O)N2CCC(CO)C2)ccc1Br. The lowest BCUT2D eigenvalue weighted by molar-refractivity contribution is 0.209. The summed E-state index contributed by atoms with van der Waals surface area (Å²) in [6.07, 6.45) is 0.878. The molecule has 0 saturated carbocycles. The van der Waals surface area contributed by atoms with E-state index in [0.29, 0.717) is 13.1 Å². The lowest BCUT2D eigenvalue weighted by Gasteiger charge is -2.17. The van der Waals surface area contributed by atoms with Gasteiger partial charge in [0.2, 0.25) is 0 Å². The maximum atomic E-state index is 12.0. The van der Waals surface area contributed by atoms with Gasteiger partial charge in [-0.2, -0.15) is 0 Å². The highest BCUT2D eigenvalue weighted by Gasteiger charge is 2.25. The highest BCUT2D eigenvalue weighted by atomic mass is 79.9. The number of likely N-dealkylation sites (tertiary alicyclic amines) is 1. The Morgan fingerprint density at radius 3 is 3.00 bits per heavy atom. The molecule has 1 aliphatic rings. The Morgan fingerprint density at radius 1 is 1.61 bits per heavy atom. The number of aryl methyl sites for hydroxylation is 1. The molecule has 1 heterocycles. The Bertz CT molecular complexity index is 451. The maximum absolute atomic E-state index is 12.0. The number of amides is 2. The summed E-state index contributed by atoms with van der Waals surface area (Å²) in [6.45, 7) is 3.49.